The number of aromatic nitrogens is 4. The average Bonchev–Trinajstić information content (AvgIpc) is 2.97. The van der Waals surface area contributed by atoms with Gasteiger partial charge in [0.05, 0.1) is 12.5 Å². The van der Waals surface area contributed by atoms with Gasteiger partial charge in [-0.3, -0.25) is 0 Å². The van der Waals surface area contributed by atoms with E-state index in [4.69, 9.17) is 16.9 Å². The Balaban J connectivity index is 0.000000335. The Morgan fingerprint density at radius 2 is 2.05 bits per heavy atom. The van der Waals surface area contributed by atoms with Gasteiger partial charge >= 0.3 is 0 Å². The number of hydrogen-bond acceptors (Lipinski definition) is 5. The summed E-state index contributed by atoms with van der Waals surface area (Å²) in [6, 6.07) is 5.97. The lowest BCUT2D eigenvalue weighted by atomic mass is 10.1. The predicted molar refractivity (Wildman–Crippen MR) is 87.6 cm³/mol. The van der Waals surface area contributed by atoms with Crippen LogP contribution in [0.1, 0.15) is 31.7 Å². The van der Waals surface area contributed by atoms with Crippen molar-refractivity contribution < 1.29 is 0 Å². The van der Waals surface area contributed by atoms with Crippen molar-refractivity contribution >= 4 is 17.4 Å². The van der Waals surface area contributed by atoms with Gasteiger partial charge in [-0.25, -0.2) is 4.98 Å². The largest absolute Gasteiger partial charge is 0.369 e. The molecule has 0 aliphatic rings. The minimum atomic E-state index is 0.471. The monoisotopic (exact) mass is 320 g/mol. The number of pyridine rings is 1. The van der Waals surface area contributed by atoms with Gasteiger partial charge in [-0.05, 0) is 30.5 Å². The van der Waals surface area contributed by atoms with E-state index in [0.29, 0.717) is 18.1 Å². The van der Waals surface area contributed by atoms with E-state index in [2.05, 4.69) is 33.5 Å². The molecule has 0 aliphatic heterocycles. The molecule has 0 fully saturated rings. The minimum absolute atomic E-state index is 0.471. The molecule has 0 atom stereocenters. The van der Waals surface area contributed by atoms with Crippen LogP contribution in [0.5, 0.6) is 0 Å². The van der Waals surface area contributed by atoms with E-state index in [1.165, 1.54) is 5.56 Å². The van der Waals surface area contributed by atoms with Crippen LogP contribution in [0.15, 0.2) is 24.8 Å². The Kier molecular flexibility index (Phi) is 8.61. The highest BCUT2D eigenvalue weighted by Crippen LogP contribution is 2.16. The van der Waals surface area contributed by atoms with E-state index in [1.54, 1.807) is 17.2 Å². The Morgan fingerprint density at radius 1 is 1.32 bits per heavy atom. The summed E-state index contributed by atoms with van der Waals surface area (Å²) in [7, 11) is 1.88. The van der Waals surface area contributed by atoms with Crippen LogP contribution in [0.3, 0.4) is 0 Å². The quantitative estimate of drug-likeness (QED) is 0.653. The van der Waals surface area contributed by atoms with Gasteiger partial charge in [0, 0.05) is 13.6 Å². The molecular formula is C15H21ClN6. The Labute approximate surface area is 136 Å². The highest BCUT2D eigenvalue weighted by atomic mass is 35.5. The van der Waals surface area contributed by atoms with E-state index in [1.807, 2.05) is 19.2 Å². The lowest BCUT2D eigenvalue weighted by Crippen LogP contribution is -2.03. The van der Waals surface area contributed by atoms with E-state index >= 15 is 0 Å². The van der Waals surface area contributed by atoms with Gasteiger partial charge in [0.15, 0.2) is 0 Å². The average molecular weight is 321 g/mol. The first kappa shape index (κ1) is 17.9. The molecule has 118 valence electrons. The van der Waals surface area contributed by atoms with Crippen molar-refractivity contribution in [3.8, 4) is 6.07 Å². The van der Waals surface area contributed by atoms with Crippen LogP contribution in [0.4, 0.5) is 5.82 Å². The Hall–Kier alpha value is -2.13. The summed E-state index contributed by atoms with van der Waals surface area (Å²) in [5.74, 6) is 0.758. The molecule has 2 aromatic rings. The number of nitrogens with zero attached hydrogens (tertiary/aromatic N) is 5. The summed E-state index contributed by atoms with van der Waals surface area (Å²) in [5.41, 5.74) is 1.20. The van der Waals surface area contributed by atoms with E-state index in [-0.39, 0.29) is 0 Å². The molecule has 0 aliphatic carbocycles. The predicted octanol–water partition coefficient (Wildman–Crippen LogP) is 3.22. The van der Waals surface area contributed by atoms with Crippen LogP contribution in [0, 0.1) is 11.3 Å². The van der Waals surface area contributed by atoms with Gasteiger partial charge in [0.2, 0.25) is 0 Å². The lowest BCUT2D eigenvalue weighted by Gasteiger charge is -2.06. The standard InChI is InChI=1S/C12H16ClN3.C3H5N3/c1-2-3-5-10-8-11(13)16-12(9-10)15-7-4-6-14;1-6-2-4-5-3-6/h8-9H,2-5,7H2,1H3,(H,15,16);2-3H,1H3. The smallest absolute Gasteiger partial charge is 0.131 e. The Bertz CT molecular complexity index is 576. The zero-order valence-electron chi connectivity index (χ0n) is 13.0. The zero-order chi connectivity index (χ0) is 16.2. The van der Waals surface area contributed by atoms with Gasteiger partial charge in [-0.1, -0.05) is 24.9 Å². The number of anilines is 1. The van der Waals surface area contributed by atoms with Crippen LogP contribution in [-0.2, 0) is 13.5 Å². The molecule has 0 radical (unpaired) electrons. The van der Waals surface area contributed by atoms with E-state index in [0.717, 1.165) is 25.1 Å². The van der Waals surface area contributed by atoms with Crippen LogP contribution < -0.4 is 5.32 Å². The maximum absolute atomic E-state index is 8.43. The molecule has 22 heavy (non-hydrogen) atoms. The van der Waals surface area contributed by atoms with E-state index in [9.17, 15) is 0 Å². The molecule has 1 N–H and O–H groups in total. The van der Waals surface area contributed by atoms with Crippen molar-refractivity contribution in [2.24, 2.45) is 7.05 Å². The summed E-state index contributed by atoms with van der Waals surface area (Å²) in [4.78, 5) is 4.16. The molecule has 2 rings (SSSR count). The summed E-state index contributed by atoms with van der Waals surface area (Å²) < 4.78 is 1.78. The molecule has 0 unspecified atom stereocenters. The van der Waals surface area contributed by atoms with Crippen LogP contribution >= 0.6 is 11.6 Å². The molecule has 0 amide bonds. The number of nitriles is 1. The van der Waals surface area contributed by atoms with Gasteiger partial charge in [-0.2, -0.15) is 5.26 Å². The summed E-state index contributed by atoms with van der Waals surface area (Å²) in [6.45, 7) is 2.77. The number of halogens is 1. The molecule has 2 aromatic heterocycles. The molecular weight excluding hydrogens is 300 g/mol. The third kappa shape index (κ3) is 7.60. The van der Waals surface area contributed by atoms with Gasteiger partial charge in [-0.15, -0.1) is 10.2 Å². The number of hydrogen-bond donors (Lipinski definition) is 1. The second kappa shape index (κ2) is 10.6. The molecule has 0 saturated heterocycles. The summed E-state index contributed by atoms with van der Waals surface area (Å²) in [6.07, 6.45) is 7.08. The minimum Gasteiger partial charge on any atom is -0.369 e. The SMILES string of the molecule is CCCCc1cc(Cl)nc(NCCC#N)c1.Cn1cnnc1. The maximum Gasteiger partial charge on any atom is 0.131 e. The topological polar surface area (TPSA) is 79.4 Å². The van der Waals surface area contributed by atoms with Crippen molar-refractivity contribution in [2.45, 2.75) is 32.6 Å². The van der Waals surface area contributed by atoms with Crippen molar-refractivity contribution in [2.75, 3.05) is 11.9 Å². The zero-order valence-corrected chi connectivity index (χ0v) is 13.7. The Morgan fingerprint density at radius 3 is 2.59 bits per heavy atom. The second-order valence-corrected chi connectivity index (χ2v) is 5.14. The maximum atomic E-state index is 8.43. The molecule has 0 aromatic carbocycles. The summed E-state index contributed by atoms with van der Waals surface area (Å²) >= 11 is 5.93. The van der Waals surface area contributed by atoms with Crippen LogP contribution in [0.2, 0.25) is 5.15 Å². The first-order valence-electron chi connectivity index (χ1n) is 7.21. The first-order chi connectivity index (χ1) is 10.7. The van der Waals surface area contributed by atoms with Crippen molar-refractivity contribution in [3.63, 3.8) is 0 Å². The second-order valence-electron chi connectivity index (χ2n) is 4.75. The molecule has 0 bridgehead atoms. The fourth-order valence-electron chi connectivity index (χ4n) is 1.66. The van der Waals surface area contributed by atoms with Crippen molar-refractivity contribution in [3.05, 3.63) is 35.5 Å². The number of nitrogens with one attached hydrogen (secondary N) is 1. The molecule has 7 heteroatoms. The summed E-state index contributed by atoms with van der Waals surface area (Å²) in [5, 5.41) is 19.1. The third-order valence-electron chi connectivity index (χ3n) is 2.75. The van der Waals surface area contributed by atoms with Crippen molar-refractivity contribution in [1.82, 2.24) is 19.7 Å². The molecule has 2 heterocycles. The number of rotatable bonds is 6. The molecule has 6 nitrogen and oxygen atoms in total. The van der Waals surface area contributed by atoms with Crippen LogP contribution in [0.25, 0.3) is 0 Å². The lowest BCUT2D eigenvalue weighted by molar-refractivity contribution is 0.794. The number of aryl methyl sites for hydroxylation is 2. The van der Waals surface area contributed by atoms with E-state index < -0.39 is 0 Å². The molecule has 0 saturated carbocycles. The third-order valence-corrected chi connectivity index (χ3v) is 2.94. The fraction of sp³-hybridized carbons (Fsp3) is 0.467. The molecule has 0 spiro atoms. The first-order valence-corrected chi connectivity index (χ1v) is 7.59. The highest BCUT2D eigenvalue weighted by molar-refractivity contribution is 6.29. The van der Waals surface area contributed by atoms with Gasteiger partial charge in [0.25, 0.3) is 0 Å². The van der Waals surface area contributed by atoms with Gasteiger partial charge < -0.3 is 9.88 Å². The van der Waals surface area contributed by atoms with Crippen molar-refractivity contribution in [1.29, 1.82) is 5.26 Å². The van der Waals surface area contributed by atoms with Crippen LogP contribution in [-0.4, -0.2) is 26.3 Å². The van der Waals surface area contributed by atoms with Gasteiger partial charge in [0.1, 0.15) is 23.6 Å². The highest BCUT2D eigenvalue weighted by Gasteiger charge is 2.00. The number of unbranched alkanes of at least 4 members (excludes halogenated alkanes) is 1. The normalized spacial score (nSPS) is 9.55. The fourth-order valence-corrected chi connectivity index (χ4v) is 1.90.